The highest BCUT2D eigenvalue weighted by Gasteiger charge is 2.06. The lowest BCUT2D eigenvalue weighted by atomic mass is 10.2. The molecule has 0 aliphatic heterocycles. The number of rotatable bonds is 3. The van der Waals surface area contributed by atoms with Gasteiger partial charge in [0.15, 0.2) is 12.4 Å². The number of pyridine rings is 1. The summed E-state index contributed by atoms with van der Waals surface area (Å²) in [6.07, 6.45) is 3.72. The van der Waals surface area contributed by atoms with Gasteiger partial charge in [0.25, 0.3) is 5.91 Å². The lowest BCUT2D eigenvalue weighted by Crippen LogP contribution is -2.28. The standard InChI is InChI=1S/C14H14N2O.HI/c1-16-9-7-13(8-10-16)14(17)15-11-12-5-3-2-4-6-12;/h2-10H,11H2,1H3;1H/p+1. The molecule has 4 heteroatoms. The number of hydrogen-bond acceptors (Lipinski definition) is 1. The molecule has 0 bridgehead atoms. The molecule has 0 aliphatic carbocycles. The zero-order chi connectivity index (χ0) is 12.1. The van der Waals surface area contributed by atoms with Crippen LogP contribution in [0.4, 0.5) is 0 Å². The smallest absolute Gasteiger partial charge is 0.252 e. The van der Waals surface area contributed by atoms with Crippen molar-refractivity contribution in [2.75, 3.05) is 0 Å². The van der Waals surface area contributed by atoms with E-state index >= 15 is 0 Å². The molecule has 0 saturated carbocycles. The van der Waals surface area contributed by atoms with Crippen LogP contribution in [0.3, 0.4) is 0 Å². The lowest BCUT2D eigenvalue weighted by Gasteiger charge is -2.04. The van der Waals surface area contributed by atoms with Crippen molar-refractivity contribution < 1.29 is 9.36 Å². The van der Waals surface area contributed by atoms with Crippen molar-refractivity contribution >= 4 is 29.9 Å². The average Bonchev–Trinajstić information content (AvgIpc) is 2.38. The Morgan fingerprint density at radius 3 is 2.33 bits per heavy atom. The fraction of sp³-hybridized carbons (Fsp3) is 0.143. The Morgan fingerprint density at radius 1 is 1.11 bits per heavy atom. The zero-order valence-electron chi connectivity index (χ0n) is 10.2. The molecule has 1 amide bonds. The minimum absolute atomic E-state index is 0. The SMILES string of the molecule is C[n+]1ccc(C(=O)NCc2ccccc2)cc1.I. The van der Waals surface area contributed by atoms with E-state index in [0.717, 1.165) is 5.56 Å². The van der Waals surface area contributed by atoms with E-state index in [-0.39, 0.29) is 29.9 Å². The van der Waals surface area contributed by atoms with E-state index in [1.54, 1.807) is 12.1 Å². The number of halogens is 1. The molecule has 0 spiro atoms. The van der Waals surface area contributed by atoms with Gasteiger partial charge >= 0.3 is 0 Å². The van der Waals surface area contributed by atoms with Gasteiger partial charge in [0, 0.05) is 18.7 Å². The Labute approximate surface area is 124 Å². The highest BCUT2D eigenvalue weighted by molar-refractivity contribution is 14.0. The topological polar surface area (TPSA) is 33.0 Å². The lowest BCUT2D eigenvalue weighted by molar-refractivity contribution is -0.671. The molecule has 2 rings (SSSR count). The number of amides is 1. The second kappa shape index (κ2) is 7.10. The normalized spacial score (nSPS) is 9.39. The van der Waals surface area contributed by atoms with E-state index in [0.29, 0.717) is 12.1 Å². The largest absolute Gasteiger partial charge is 0.348 e. The van der Waals surface area contributed by atoms with Gasteiger partial charge in [0.2, 0.25) is 0 Å². The number of carbonyl (C=O) groups is 1. The van der Waals surface area contributed by atoms with Gasteiger partial charge in [-0.05, 0) is 5.56 Å². The van der Waals surface area contributed by atoms with Crippen LogP contribution >= 0.6 is 24.0 Å². The summed E-state index contributed by atoms with van der Waals surface area (Å²) in [5.74, 6) is -0.0468. The summed E-state index contributed by atoms with van der Waals surface area (Å²) in [4.78, 5) is 11.8. The van der Waals surface area contributed by atoms with Crippen LogP contribution in [0.5, 0.6) is 0 Å². The van der Waals surface area contributed by atoms with Gasteiger partial charge < -0.3 is 5.32 Å². The van der Waals surface area contributed by atoms with Crippen molar-refractivity contribution in [3.63, 3.8) is 0 Å². The van der Waals surface area contributed by atoms with Crippen LogP contribution in [0.2, 0.25) is 0 Å². The molecule has 1 aromatic carbocycles. The van der Waals surface area contributed by atoms with Gasteiger partial charge in [-0.25, -0.2) is 4.57 Å². The number of aryl methyl sites for hydroxylation is 1. The van der Waals surface area contributed by atoms with Gasteiger partial charge in [-0.15, -0.1) is 24.0 Å². The second-order valence-electron chi connectivity index (χ2n) is 3.92. The number of benzene rings is 1. The first kappa shape index (κ1) is 14.6. The number of carbonyl (C=O) groups excluding carboxylic acids is 1. The summed E-state index contributed by atoms with van der Waals surface area (Å²) in [5.41, 5.74) is 1.78. The Balaban J connectivity index is 0.00000162. The molecule has 1 aromatic heterocycles. The fourth-order valence-electron chi connectivity index (χ4n) is 1.53. The van der Waals surface area contributed by atoms with Crippen LogP contribution in [0.15, 0.2) is 54.9 Å². The van der Waals surface area contributed by atoms with E-state index in [4.69, 9.17) is 0 Å². The molecule has 1 N–H and O–H groups in total. The first-order chi connectivity index (χ1) is 8.25. The fourth-order valence-corrected chi connectivity index (χ4v) is 1.53. The Morgan fingerprint density at radius 2 is 1.72 bits per heavy atom. The Bertz CT molecular complexity index is 497. The Kier molecular flexibility index (Phi) is 5.77. The number of aromatic nitrogens is 1. The minimum Gasteiger partial charge on any atom is -0.348 e. The van der Waals surface area contributed by atoms with Gasteiger partial charge in [0.05, 0.1) is 5.56 Å². The van der Waals surface area contributed by atoms with Crippen molar-refractivity contribution in [1.82, 2.24) is 5.32 Å². The van der Waals surface area contributed by atoms with Crippen molar-refractivity contribution in [3.8, 4) is 0 Å². The maximum absolute atomic E-state index is 11.8. The molecule has 3 nitrogen and oxygen atoms in total. The quantitative estimate of drug-likeness (QED) is 0.664. The van der Waals surface area contributed by atoms with Crippen LogP contribution in [0, 0.1) is 0 Å². The van der Waals surface area contributed by atoms with Gasteiger partial charge in [-0.3, -0.25) is 4.79 Å². The first-order valence-electron chi connectivity index (χ1n) is 5.53. The molecule has 0 atom stereocenters. The molecule has 2 aromatic rings. The monoisotopic (exact) mass is 355 g/mol. The number of hydrogen-bond donors (Lipinski definition) is 1. The molecule has 0 radical (unpaired) electrons. The summed E-state index contributed by atoms with van der Waals surface area (Å²) in [6.45, 7) is 0.556. The molecular weight excluding hydrogens is 339 g/mol. The van der Waals surface area contributed by atoms with E-state index in [2.05, 4.69) is 5.32 Å². The number of nitrogens with one attached hydrogen (secondary N) is 1. The predicted octanol–water partition coefficient (Wildman–Crippen LogP) is 2.06. The van der Waals surface area contributed by atoms with Crippen LogP contribution in [0.1, 0.15) is 15.9 Å². The van der Waals surface area contributed by atoms with Crippen LogP contribution in [-0.2, 0) is 13.6 Å². The molecule has 1 heterocycles. The van der Waals surface area contributed by atoms with Crippen molar-refractivity contribution in [1.29, 1.82) is 0 Å². The summed E-state index contributed by atoms with van der Waals surface area (Å²) in [6, 6.07) is 13.5. The second-order valence-corrected chi connectivity index (χ2v) is 3.92. The van der Waals surface area contributed by atoms with Gasteiger partial charge in [0.1, 0.15) is 7.05 Å². The van der Waals surface area contributed by atoms with Gasteiger partial charge in [-0.1, -0.05) is 30.3 Å². The summed E-state index contributed by atoms with van der Waals surface area (Å²) < 4.78 is 1.90. The highest BCUT2D eigenvalue weighted by Crippen LogP contribution is 1.99. The molecule has 0 fully saturated rings. The maximum Gasteiger partial charge on any atom is 0.252 e. The first-order valence-corrected chi connectivity index (χ1v) is 5.53. The molecule has 94 valence electrons. The molecule has 18 heavy (non-hydrogen) atoms. The Hall–Kier alpha value is -1.43. The van der Waals surface area contributed by atoms with Crippen LogP contribution in [-0.4, -0.2) is 5.91 Å². The third-order valence-electron chi connectivity index (χ3n) is 2.54. The van der Waals surface area contributed by atoms with Crippen LogP contribution < -0.4 is 9.88 Å². The third kappa shape index (κ3) is 4.10. The zero-order valence-corrected chi connectivity index (χ0v) is 12.5. The summed E-state index contributed by atoms with van der Waals surface area (Å²) in [7, 11) is 1.92. The number of nitrogens with zero attached hydrogens (tertiary/aromatic N) is 1. The van der Waals surface area contributed by atoms with Crippen molar-refractivity contribution in [2.24, 2.45) is 7.05 Å². The van der Waals surface area contributed by atoms with Crippen molar-refractivity contribution in [2.45, 2.75) is 6.54 Å². The molecule has 0 unspecified atom stereocenters. The molecular formula is C14H16IN2O+. The highest BCUT2D eigenvalue weighted by atomic mass is 127. The average molecular weight is 355 g/mol. The van der Waals surface area contributed by atoms with E-state index in [9.17, 15) is 4.79 Å². The van der Waals surface area contributed by atoms with Gasteiger partial charge in [-0.2, -0.15) is 0 Å². The van der Waals surface area contributed by atoms with Crippen molar-refractivity contribution in [3.05, 3.63) is 66.0 Å². The van der Waals surface area contributed by atoms with E-state index < -0.39 is 0 Å². The summed E-state index contributed by atoms with van der Waals surface area (Å²) in [5, 5.41) is 2.89. The molecule has 0 saturated heterocycles. The molecule has 0 aliphatic rings. The van der Waals surface area contributed by atoms with E-state index in [1.165, 1.54) is 0 Å². The third-order valence-corrected chi connectivity index (χ3v) is 2.54. The predicted molar refractivity (Wildman–Crippen MR) is 80.6 cm³/mol. The maximum atomic E-state index is 11.8. The van der Waals surface area contributed by atoms with Crippen LogP contribution in [0.25, 0.3) is 0 Å². The minimum atomic E-state index is -0.0468. The summed E-state index contributed by atoms with van der Waals surface area (Å²) >= 11 is 0. The van der Waals surface area contributed by atoms with E-state index in [1.807, 2.05) is 54.3 Å².